The summed E-state index contributed by atoms with van der Waals surface area (Å²) in [6.07, 6.45) is 1.66. The predicted molar refractivity (Wildman–Crippen MR) is 82.2 cm³/mol. The van der Waals surface area contributed by atoms with E-state index in [0.717, 1.165) is 5.69 Å². The molecule has 1 aliphatic heterocycles. The number of nitrogens with zero attached hydrogens (tertiary/aromatic N) is 2. The van der Waals surface area contributed by atoms with Gasteiger partial charge in [-0.05, 0) is 12.1 Å². The van der Waals surface area contributed by atoms with Gasteiger partial charge in [-0.2, -0.15) is 0 Å². The van der Waals surface area contributed by atoms with Gasteiger partial charge in [0.15, 0.2) is 0 Å². The fraction of sp³-hybridized carbons (Fsp3) is 0.533. The van der Waals surface area contributed by atoms with Crippen molar-refractivity contribution >= 4 is 11.8 Å². The Morgan fingerprint density at radius 3 is 2.87 bits per heavy atom. The van der Waals surface area contributed by atoms with Gasteiger partial charge in [-0.25, -0.2) is 0 Å². The largest absolute Gasteiger partial charge is 0.394 e. The Labute approximate surface area is 134 Å². The van der Waals surface area contributed by atoms with E-state index in [9.17, 15) is 9.59 Å². The van der Waals surface area contributed by atoms with Crippen LogP contribution in [0.5, 0.6) is 0 Å². The van der Waals surface area contributed by atoms with Gasteiger partial charge in [0.1, 0.15) is 0 Å². The first-order valence-corrected chi connectivity index (χ1v) is 7.56. The molecule has 0 bridgehead atoms. The number of nitrogens with one attached hydrogen (secondary N) is 2. The van der Waals surface area contributed by atoms with Gasteiger partial charge in [0.05, 0.1) is 37.4 Å². The molecule has 2 rings (SSSR count). The van der Waals surface area contributed by atoms with Crippen LogP contribution in [0.15, 0.2) is 24.4 Å². The van der Waals surface area contributed by atoms with Gasteiger partial charge in [-0.3, -0.25) is 19.5 Å². The average molecular weight is 322 g/mol. The summed E-state index contributed by atoms with van der Waals surface area (Å²) in [4.78, 5) is 30.3. The second-order valence-corrected chi connectivity index (χ2v) is 5.43. The zero-order valence-electron chi connectivity index (χ0n) is 12.8. The van der Waals surface area contributed by atoms with Crippen LogP contribution in [0.4, 0.5) is 0 Å². The molecule has 23 heavy (non-hydrogen) atoms. The van der Waals surface area contributed by atoms with Gasteiger partial charge in [0.25, 0.3) is 0 Å². The van der Waals surface area contributed by atoms with Crippen molar-refractivity contribution in [3.63, 3.8) is 0 Å². The number of pyridine rings is 1. The molecule has 0 saturated carbocycles. The quantitative estimate of drug-likeness (QED) is 0.473. The molecule has 1 aromatic heterocycles. The monoisotopic (exact) mass is 322 g/mol. The molecule has 1 atom stereocenters. The first-order valence-electron chi connectivity index (χ1n) is 7.56. The third-order valence-electron chi connectivity index (χ3n) is 3.72. The zero-order valence-corrected chi connectivity index (χ0v) is 12.8. The van der Waals surface area contributed by atoms with E-state index in [0.29, 0.717) is 19.6 Å². The number of carbonyl (C=O) groups is 2. The van der Waals surface area contributed by atoms with Gasteiger partial charge in [-0.1, -0.05) is 6.07 Å². The minimum absolute atomic E-state index is 0.0326. The van der Waals surface area contributed by atoms with Crippen LogP contribution in [0.3, 0.4) is 0 Å². The van der Waals surface area contributed by atoms with Crippen LogP contribution >= 0.6 is 0 Å². The number of piperazine rings is 1. The van der Waals surface area contributed by atoms with E-state index >= 15 is 0 Å². The molecule has 0 aromatic carbocycles. The van der Waals surface area contributed by atoms with Gasteiger partial charge < -0.3 is 20.8 Å². The molecule has 0 unspecified atom stereocenters. The van der Waals surface area contributed by atoms with Crippen molar-refractivity contribution in [3.05, 3.63) is 30.1 Å². The van der Waals surface area contributed by atoms with Crippen molar-refractivity contribution in [1.29, 1.82) is 0 Å². The molecule has 1 aliphatic rings. The molecule has 126 valence electrons. The summed E-state index contributed by atoms with van der Waals surface area (Å²) < 4.78 is 0. The minimum atomic E-state index is -0.710. The molecule has 1 aromatic rings. The van der Waals surface area contributed by atoms with E-state index in [1.165, 1.54) is 0 Å². The summed E-state index contributed by atoms with van der Waals surface area (Å²) >= 11 is 0. The van der Waals surface area contributed by atoms with Gasteiger partial charge in [0, 0.05) is 25.8 Å². The lowest BCUT2D eigenvalue weighted by molar-refractivity contribution is -0.134. The lowest BCUT2D eigenvalue weighted by Crippen LogP contribution is -2.56. The Hall–Kier alpha value is -2.03. The van der Waals surface area contributed by atoms with Gasteiger partial charge in [0.2, 0.25) is 11.8 Å². The van der Waals surface area contributed by atoms with Crippen LogP contribution in [0.1, 0.15) is 12.1 Å². The van der Waals surface area contributed by atoms with Crippen LogP contribution in [0.25, 0.3) is 0 Å². The highest BCUT2D eigenvalue weighted by Crippen LogP contribution is 2.12. The van der Waals surface area contributed by atoms with Gasteiger partial charge >= 0.3 is 0 Å². The molecule has 1 saturated heterocycles. The zero-order chi connectivity index (χ0) is 16.7. The molecule has 8 nitrogen and oxygen atoms in total. The summed E-state index contributed by atoms with van der Waals surface area (Å²) in [6.45, 7) is 0.937. The van der Waals surface area contributed by atoms with Crippen LogP contribution < -0.4 is 10.6 Å². The normalized spacial score (nSPS) is 18.7. The lowest BCUT2D eigenvalue weighted by atomic mass is 10.1. The minimum Gasteiger partial charge on any atom is -0.394 e. The summed E-state index contributed by atoms with van der Waals surface area (Å²) in [5.41, 5.74) is 0.830. The Bertz CT molecular complexity index is 521. The average Bonchev–Trinajstić information content (AvgIpc) is 2.57. The standard InChI is InChI=1S/C15H22N4O4/c20-9-12(10-21)18-14(22)7-13-15(23)17-5-6-19(13)8-11-3-1-2-4-16-11/h1-4,12-13,20-21H,5-10H2,(H,17,23)(H,18,22)/t13-/m0/s1. The van der Waals surface area contributed by atoms with E-state index in [4.69, 9.17) is 10.2 Å². The van der Waals surface area contributed by atoms with E-state index in [2.05, 4.69) is 15.6 Å². The number of hydrogen-bond acceptors (Lipinski definition) is 6. The molecule has 1 fully saturated rings. The molecular weight excluding hydrogens is 300 g/mol. The number of aliphatic hydroxyl groups excluding tert-OH is 2. The molecule has 8 heteroatoms. The van der Waals surface area contributed by atoms with Crippen molar-refractivity contribution in [2.24, 2.45) is 0 Å². The number of hydrogen-bond donors (Lipinski definition) is 4. The first kappa shape index (κ1) is 17.3. The van der Waals surface area contributed by atoms with Crippen LogP contribution in [0, 0.1) is 0 Å². The maximum Gasteiger partial charge on any atom is 0.237 e. The fourth-order valence-electron chi connectivity index (χ4n) is 2.48. The summed E-state index contributed by atoms with van der Waals surface area (Å²) in [5.74, 6) is -0.585. The molecule has 0 radical (unpaired) electrons. The number of amides is 2. The second kappa shape index (κ2) is 8.56. The maximum atomic E-state index is 12.1. The maximum absolute atomic E-state index is 12.1. The molecular formula is C15H22N4O4. The lowest BCUT2D eigenvalue weighted by Gasteiger charge is -2.34. The Balaban J connectivity index is 2.00. The summed E-state index contributed by atoms with van der Waals surface area (Å²) in [5, 5.41) is 23.3. The van der Waals surface area contributed by atoms with Crippen LogP contribution in [-0.4, -0.2) is 70.3 Å². The van der Waals surface area contributed by atoms with Crippen molar-refractivity contribution in [3.8, 4) is 0 Å². The highest BCUT2D eigenvalue weighted by molar-refractivity contribution is 5.88. The molecule has 0 spiro atoms. The Morgan fingerprint density at radius 2 is 2.22 bits per heavy atom. The summed E-state index contributed by atoms with van der Waals surface area (Å²) in [7, 11) is 0. The van der Waals surface area contributed by atoms with E-state index < -0.39 is 12.1 Å². The number of aromatic nitrogens is 1. The fourth-order valence-corrected chi connectivity index (χ4v) is 2.48. The second-order valence-electron chi connectivity index (χ2n) is 5.43. The smallest absolute Gasteiger partial charge is 0.237 e. The number of carbonyl (C=O) groups excluding carboxylic acids is 2. The highest BCUT2D eigenvalue weighted by atomic mass is 16.3. The number of rotatable bonds is 7. The topological polar surface area (TPSA) is 115 Å². The Kier molecular flexibility index (Phi) is 6.45. The van der Waals surface area contributed by atoms with E-state index in [1.807, 2.05) is 23.1 Å². The molecule has 2 amide bonds. The Morgan fingerprint density at radius 1 is 1.43 bits per heavy atom. The molecule has 4 N–H and O–H groups in total. The molecule has 2 heterocycles. The van der Waals surface area contributed by atoms with E-state index in [1.54, 1.807) is 6.20 Å². The third-order valence-corrected chi connectivity index (χ3v) is 3.72. The first-order chi connectivity index (χ1) is 11.1. The van der Waals surface area contributed by atoms with Crippen molar-refractivity contribution in [1.82, 2.24) is 20.5 Å². The van der Waals surface area contributed by atoms with Gasteiger partial charge in [-0.15, -0.1) is 0 Å². The van der Waals surface area contributed by atoms with Crippen molar-refractivity contribution < 1.29 is 19.8 Å². The summed E-state index contributed by atoms with van der Waals surface area (Å²) in [6, 6.07) is 4.27. The van der Waals surface area contributed by atoms with Crippen molar-refractivity contribution in [2.75, 3.05) is 26.3 Å². The highest BCUT2D eigenvalue weighted by Gasteiger charge is 2.32. The number of aliphatic hydroxyl groups is 2. The van der Waals surface area contributed by atoms with Crippen LogP contribution in [-0.2, 0) is 16.1 Å². The molecule has 0 aliphatic carbocycles. The van der Waals surface area contributed by atoms with Crippen molar-refractivity contribution in [2.45, 2.75) is 25.0 Å². The SMILES string of the molecule is O=C(C[C@H]1C(=O)NCCN1Cc1ccccn1)NC(CO)CO. The van der Waals surface area contributed by atoms with Crippen LogP contribution in [0.2, 0.25) is 0 Å². The van der Waals surface area contributed by atoms with E-state index in [-0.39, 0.29) is 31.4 Å². The predicted octanol–water partition coefficient (Wildman–Crippen LogP) is -1.76. The third kappa shape index (κ3) is 4.98.